The van der Waals surface area contributed by atoms with E-state index in [9.17, 15) is 0 Å². The summed E-state index contributed by atoms with van der Waals surface area (Å²) in [5.41, 5.74) is 0.922. The van der Waals surface area contributed by atoms with Gasteiger partial charge in [-0.25, -0.2) is 9.97 Å². The molecular weight excluding hydrogens is 248 g/mol. The highest BCUT2D eigenvalue weighted by Crippen LogP contribution is 2.32. The SMILES string of the molecule is CCc1c(Cl)ncnc1OC1CCC(C)C(C)C1. The van der Waals surface area contributed by atoms with Crippen LogP contribution in [0.1, 0.15) is 45.6 Å². The molecule has 0 spiro atoms. The minimum atomic E-state index is 0.271. The van der Waals surface area contributed by atoms with Crippen LogP contribution in [0.2, 0.25) is 5.15 Å². The van der Waals surface area contributed by atoms with Crippen molar-refractivity contribution in [2.24, 2.45) is 11.8 Å². The highest BCUT2D eigenvalue weighted by molar-refractivity contribution is 6.30. The second-order valence-electron chi connectivity index (χ2n) is 5.31. The minimum Gasteiger partial charge on any atom is -0.474 e. The first-order valence-electron chi connectivity index (χ1n) is 6.77. The molecule has 18 heavy (non-hydrogen) atoms. The molecule has 0 amide bonds. The third-order valence-electron chi connectivity index (χ3n) is 4.04. The molecule has 0 N–H and O–H groups in total. The minimum absolute atomic E-state index is 0.271. The zero-order valence-electron chi connectivity index (χ0n) is 11.3. The van der Waals surface area contributed by atoms with E-state index in [1.54, 1.807) is 0 Å². The molecule has 2 rings (SSSR count). The molecule has 3 unspecified atom stereocenters. The summed E-state index contributed by atoms with van der Waals surface area (Å²) in [6.45, 7) is 6.66. The van der Waals surface area contributed by atoms with E-state index in [1.807, 2.05) is 6.92 Å². The number of hydrogen-bond donors (Lipinski definition) is 0. The van der Waals surface area contributed by atoms with Crippen LogP contribution in [0.25, 0.3) is 0 Å². The van der Waals surface area contributed by atoms with Gasteiger partial charge in [0, 0.05) is 0 Å². The Balaban J connectivity index is 2.08. The van der Waals surface area contributed by atoms with Crippen LogP contribution < -0.4 is 4.74 Å². The smallest absolute Gasteiger partial charge is 0.221 e. The second kappa shape index (κ2) is 5.87. The van der Waals surface area contributed by atoms with Crippen molar-refractivity contribution in [3.8, 4) is 5.88 Å². The summed E-state index contributed by atoms with van der Waals surface area (Å²) in [5.74, 6) is 2.18. The maximum absolute atomic E-state index is 6.07. The Hall–Kier alpha value is -0.830. The van der Waals surface area contributed by atoms with Gasteiger partial charge >= 0.3 is 0 Å². The van der Waals surface area contributed by atoms with E-state index in [1.165, 1.54) is 12.7 Å². The molecule has 3 nitrogen and oxygen atoms in total. The lowest BCUT2D eigenvalue weighted by molar-refractivity contribution is 0.0953. The van der Waals surface area contributed by atoms with E-state index in [2.05, 4.69) is 23.8 Å². The fourth-order valence-corrected chi connectivity index (χ4v) is 2.80. The number of ether oxygens (including phenoxy) is 1. The Morgan fingerprint density at radius 3 is 2.72 bits per heavy atom. The molecule has 1 aromatic rings. The first-order chi connectivity index (χ1) is 8.61. The normalized spacial score (nSPS) is 28.1. The van der Waals surface area contributed by atoms with Crippen LogP contribution in [-0.2, 0) is 6.42 Å². The number of halogens is 1. The van der Waals surface area contributed by atoms with Crippen LogP contribution in [0.5, 0.6) is 5.88 Å². The average molecular weight is 269 g/mol. The van der Waals surface area contributed by atoms with Crippen molar-refractivity contribution in [3.05, 3.63) is 17.0 Å². The van der Waals surface area contributed by atoms with Gasteiger partial charge in [0.05, 0.1) is 5.56 Å². The fraction of sp³-hybridized carbons (Fsp3) is 0.714. The standard InChI is InChI=1S/C14H21ClN2O/c1-4-12-13(15)16-8-17-14(12)18-11-6-5-9(2)10(3)7-11/h8-11H,4-7H2,1-3H3. The monoisotopic (exact) mass is 268 g/mol. The maximum Gasteiger partial charge on any atom is 0.221 e. The molecular formula is C14H21ClN2O. The van der Waals surface area contributed by atoms with E-state index in [-0.39, 0.29) is 6.10 Å². The van der Waals surface area contributed by atoms with Crippen LogP contribution in [0, 0.1) is 11.8 Å². The zero-order valence-corrected chi connectivity index (χ0v) is 12.1. The third-order valence-corrected chi connectivity index (χ3v) is 4.36. The maximum atomic E-state index is 6.07. The van der Waals surface area contributed by atoms with Gasteiger partial charge in [0.2, 0.25) is 5.88 Å². The first-order valence-corrected chi connectivity index (χ1v) is 7.15. The van der Waals surface area contributed by atoms with Crippen molar-refractivity contribution >= 4 is 11.6 Å². The van der Waals surface area contributed by atoms with Crippen molar-refractivity contribution in [3.63, 3.8) is 0 Å². The van der Waals surface area contributed by atoms with Gasteiger partial charge in [-0.2, -0.15) is 0 Å². The molecule has 1 aliphatic carbocycles. The summed E-state index contributed by atoms with van der Waals surface area (Å²) in [4.78, 5) is 8.24. The van der Waals surface area contributed by atoms with Crippen molar-refractivity contribution < 1.29 is 4.74 Å². The summed E-state index contributed by atoms with van der Waals surface area (Å²) >= 11 is 6.07. The lowest BCUT2D eigenvalue weighted by Crippen LogP contribution is -2.29. The van der Waals surface area contributed by atoms with Gasteiger partial charge in [-0.15, -0.1) is 0 Å². The molecule has 0 radical (unpaired) electrons. The Morgan fingerprint density at radius 1 is 1.28 bits per heavy atom. The van der Waals surface area contributed by atoms with E-state index < -0.39 is 0 Å². The Kier molecular flexibility index (Phi) is 4.44. The molecule has 0 bridgehead atoms. The summed E-state index contributed by atoms with van der Waals surface area (Å²) < 4.78 is 6.04. The van der Waals surface area contributed by atoms with Crippen molar-refractivity contribution in [2.75, 3.05) is 0 Å². The summed E-state index contributed by atoms with van der Waals surface area (Å²) in [6, 6.07) is 0. The van der Waals surface area contributed by atoms with E-state index >= 15 is 0 Å². The first kappa shape index (κ1) is 13.6. The number of aromatic nitrogens is 2. The quantitative estimate of drug-likeness (QED) is 0.780. The van der Waals surface area contributed by atoms with Crippen LogP contribution in [0.15, 0.2) is 6.33 Å². The molecule has 1 saturated carbocycles. The molecule has 0 saturated heterocycles. The molecule has 1 aliphatic rings. The molecule has 0 aliphatic heterocycles. The molecule has 0 aromatic carbocycles. The van der Waals surface area contributed by atoms with Gasteiger partial charge in [-0.05, 0) is 37.5 Å². The Labute approximate surface area is 114 Å². The van der Waals surface area contributed by atoms with E-state index in [4.69, 9.17) is 16.3 Å². The topological polar surface area (TPSA) is 35.0 Å². The van der Waals surface area contributed by atoms with Gasteiger partial charge in [-0.1, -0.05) is 32.4 Å². The molecule has 1 aromatic heterocycles. The average Bonchev–Trinajstić information content (AvgIpc) is 2.34. The van der Waals surface area contributed by atoms with Gasteiger partial charge in [0.1, 0.15) is 17.6 Å². The summed E-state index contributed by atoms with van der Waals surface area (Å²) in [5, 5.41) is 0.514. The second-order valence-corrected chi connectivity index (χ2v) is 5.67. The van der Waals surface area contributed by atoms with Crippen molar-refractivity contribution in [1.29, 1.82) is 0 Å². The molecule has 4 heteroatoms. The number of nitrogens with zero attached hydrogens (tertiary/aromatic N) is 2. The van der Waals surface area contributed by atoms with Crippen LogP contribution in [0.4, 0.5) is 0 Å². The number of hydrogen-bond acceptors (Lipinski definition) is 3. The molecule has 100 valence electrons. The van der Waals surface area contributed by atoms with Crippen molar-refractivity contribution in [2.45, 2.75) is 52.6 Å². The highest BCUT2D eigenvalue weighted by Gasteiger charge is 2.26. The zero-order chi connectivity index (χ0) is 13.1. The molecule has 3 atom stereocenters. The van der Waals surface area contributed by atoms with Gasteiger partial charge < -0.3 is 4.74 Å². The van der Waals surface area contributed by atoms with E-state index in [0.29, 0.717) is 17.0 Å². The summed E-state index contributed by atoms with van der Waals surface area (Å²) in [7, 11) is 0. The third kappa shape index (κ3) is 2.94. The van der Waals surface area contributed by atoms with Gasteiger partial charge in [0.25, 0.3) is 0 Å². The van der Waals surface area contributed by atoms with E-state index in [0.717, 1.165) is 30.7 Å². The highest BCUT2D eigenvalue weighted by atomic mass is 35.5. The molecule has 1 fully saturated rings. The van der Waals surface area contributed by atoms with Gasteiger partial charge in [-0.3, -0.25) is 0 Å². The fourth-order valence-electron chi connectivity index (χ4n) is 2.54. The van der Waals surface area contributed by atoms with Gasteiger partial charge in [0.15, 0.2) is 0 Å². The van der Waals surface area contributed by atoms with Crippen LogP contribution in [-0.4, -0.2) is 16.1 Å². The Bertz CT molecular complexity index is 411. The number of rotatable bonds is 3. The Morgan fingerprint density at radius 2 is 2.06 bits per heavy atom. The predicted octanol–water partition coefficient (Wildman–Crippen LogP) is 3.90. The molecule has 1 heterocycles. The lowest BCUT2D eigenvalue weighted by Gasteiger charge is -2.32. The predicted molar refractivity (Wildman–Crippen MR) is 73.0 cm³/mol. The van der Waals surface area contributed by atoms with Crippen LogP contribution >= 0.6 is 11.6 Å². The largest absolute Gasteiger partial charge is 0.474 e. The summed E-state index contributed by atoms with van der Waals surface area (Å²) in [6.07, 6.45) is 5.99. The van der Waals surface area contributed by atoms with Crippen LogP contribution in [0.3, 0.4) is 0 Å². The lowest BCUT2D eigenvalue weighted by atomic mass is 9.80. The van der Waals surface area contributed by atoms with Crippen molar-refractivity contribution in [1.82, 2.24) is 9.97 Å².